The zero-order valence-corrected chi connectivity index (χ0v) is 22.8. The van der Waals surface area contributed by atoms with Crippen LogP contribution in [0, 0.1) is 0 Å². The average Bonchev–Trinajstić information content (AvgIpc) is 3.33. The number of benzene rings is 4. The Bertz CT molecular complexity index is 1530. The summed E-state index contributed by atoms with van der Waals surface area (Å²) in [6, 6.07) is 31.8. The number of cyclic esters (lactones) is 1. The Labute approximate surface area is 238 Å². The summed E-state index contributed by atoms with van der Waals surface area (Å²) in [5.74, 6) is -0.233. The van der Waals surface area contributed by atoms with Gasteiger partial charge < -0.3 is 20.1 Å². The van der Waals surface area contributed by atoms with Crippen LogP contribution in [0.5, 0.6) is 5.75 Å². The molecule has 0 bridgehead atoms. The maximum atomic E-state index is 13.8. The summed E-state index contributed by atoms with van der Waals surface area (Å²) in [6.45, 7) is 2.10. The quantitative estimate of drug-likeness (QED) is 0.272. The minimum absolute atomic E-state index is 0.207. The summed E-state index contributed by atoms with van der Waals surface area (Å²) in [5.41, 5.74) is 3.27. The number of carbonyl (C=O) groups is 3. The first-order valence-electron chi connectivity index (χ1n) is 13.4. The lowest BCUT2D eigenvalue weighted by Crippen LogP contribution is -2.46. The van der Waals surface area contributed by atoms with E-state index in [1.807, 2.05) is 67.6 Å². The molecule has 5 rings (SSSR count). The first-order chi connectivity index (χ1) is 19.9. The SMILES string of the molecule is COc1ccccc1C(=O)Nc1cccc(C2OC(=O)N(Cc3ccccc3)C2C(=O)NC(C)c2ccccc2)c1. The van der Waals surface area contributed by atoms with E-state index in [-0.39, 0.29) is 24.4 Å². The van der Waals surface area contributed by atoms with Crippen LogP contribution in [0.1, 0.15) is 46.1 Å². The summed E-state index contributed by atoms with van der Waals surface area (Å²) >= 11 is 0. The van der Waals surface area contributed by atoms with Crippen LogP contribution in [0.4, 0.5) is 10.5 Å². The maximum absolute atomic E-state index is 13.8. The molecule has 0 spiro atoms. The molecule has 0 saturated carbocycles. The fourth-order valence-electron chi connectivity index (χ4n) is 4.94. The molecule has 1 aliphatic heterocycles. The number of anilines is 1. The van der Waals surface area contributed by atoms with Crippen LogP contribution >= 0.6 is 0 Å². The Morgan fingerprint density at radius 2 is 1.59 bits per heavy atom. The highest BCUT2D eigenvalue weighted by Crippen LogP contribution is 2.35. The molecular formula is C33H31N3O5. The van der Waals surface area contributed by atoms with Gasteiger partial charge in [-0.3, -0.25) is 14.5 Å². The number of methoxy groups -OCH3 is 1. The molecule has 3 atom stereocenters. The molecule has 1 saturated heterocycles. The van der Waals surface area contributed by atoms with Gasteiger partial charge in [-0.1, -0.05) is 84.9 Å². The second-order valence-electron chi connectivity index (χ2n) is 9.78. The van der Waals surface area contributed by atoms with Crippen molar-refractivity contribution in [3.05, 3.63) is 131 Å². The predicted molar refractivity (Wildman–Crippen MR) is 155 cm³/mol. The molecule has 41 heavy (non-hydrogen) atoms. The Morgan fingerprint density at radius 3 is 2.32 bits per heavy atom. The number of para-hydroxylation sites is 1. The minimum Gasteiger partial charge on any atom is -0.496 e. The summed E-state index contributed by atoms with van der Waals surface area (Å²) < 4.78 is 11.1. The second-order valence-corrected chi connectivity index (χ2v) is 9.78. The Hall–Kier alpha value is -5.11. The third kappa shape index (κ3) is 6.22. The normalized spacial score (nSPS) is 16.9. The molecule has 3 amide bonds. The lowest BCUT2D eigenvalue weighted by atomic mass is 9.99. The third-order valence-electron chi connectivity index (χ3n) is 7.03. The molecule has 8 nitrogen and oxygen atoms in total. The Morgan fingerprint density at radius 1 is 0.902 bits per heavy atom. The van der Waals surface area contributed by atoms with Crippen LogP contribution in [0.2, 0.25) is 0 Å². The van der Waals surface area contributed by atoms with Crippen LogP contribution in [-0.2, 0) is 16.1 Å². The van der Waals surface area contributed by atoms with E-state index < -0.39 is 18.2 Å². The van der Waals surface area contributed by atoms with E-state index in [9.17, 15) is 14.4 Å². The minimum atomic E-state index is -0.936. The second kappa shape index (κ2) is 12.4. The molecule has 0 aliphatic carbocycles. The largest absolute Gasteiger partial charge is 0.496 e. The van der Waals surface area contributed by atoms with Gasteiger partial charge in [0.15, 0.2) is 12.1 Å². The van der Waals surface area contributed by atoms with Crippen LogP contribution in [0.15, 0.2) is 109 Å². The maximum Gasteiger partial charge on any atom is 0.411 e. The number of nitrogens with zero attached hydrogens (tertiary/aromatic N) is 1. The molecule has 1 aliphatic rings. The van der Waals surface area contributed by atoms with Crippen molar-refractivity contribution in [3.8, 4) is 5.75 Å². The van der Waals surface area contributed by atoms with Crippen LogP contribution in [0.25, 0.3) is 0 Å². The fourth-order valence-corrected chi connectivity index (χ4v) is 4.94. The average molecular weight is 550 g/mol. The van der Waals surface area contributed by atoms with E-state index in [0.29, 0.717) is 22.6 Å². The van der Waals surface area contributed by atoms with Crippen molar-refractivity contribution in [3.63, 3.8) is 0 Å². The van der Waals surface area contributed by atoms with Gasteiger partial charge in [-0.25, -0.2) is 4.79 Å². The smallest absolute Gasteiger partial charge is 0.411 e. The molecule has 1 heterocycles. The van der Waals surface area contributed by atoms with Gasteiger partial charge in [0.05, 0.1) is 25.3 Å². The molecule has 4 aromatic rings. The Balaban J connectivity index is 1.43. The van der Waals surface area contributed by atoms with Gasteiger partial charge in [-0.05, 0) is 47.9 Å². The predicted octanol–water partition coefficient (Wildman–Crippen LogP) is 5.89. The number of ether oxygens (including phenoxy) is 2. The third-order valence-corrected chi connectivity index (χ3v) is 7.03. The summed E-state index contributed by atoms with van der Waals surface area (Å²) in [7, 11) is 1.51. The molecule has 208 valence electrons. The zero-order valence-electron chi connectivity index (χ0n) is 22.8. The number of amides is 3. The van der Waals surface area contributed by atoms with Crippen molar-refractivity contribution in [1.29, 1.82) is 0 Å². The van der Waals surface area contributed by atoms with Crippen molar-refractivity contribution >= 4 is 23.6 Å². The summed E-state index contributed by atoms with van der Waals surface area (Å²) in [5, 5.41) is 5.94. The van der Waals surface area contributed by atoms with Crippen molar-refractivity contribution in [1.82, 2.24) is 10.2 Å². The molecule has 8 heteroatoms. The highest BCUT2D eigenvalue weighted by molar-refractivity contribution is 6.06. The highest BCUT2D eigenvalue weighted by atomic mass is 16.6. The number of nitrogens with one attached hydrogen (secondary N) is 2. The Kier molecular flexibility index (Phi) is 8.29. The van der Waals surface area contributed by atoms with Gasteiger partial charge in [0.1, 0.15) is 5.75 Å². The van der Waals surface area contributed by atoms with E-state index in [1.165, 1.54) is 12.0 Å². The summed E-state index contributed by atoms with van der Waals surface area (Å²) in [6.07, 6.45) is -1.48. The number of hydrogen-bond acceptors (Lipinski definition) is 5. The number of hydrogen-bond donors (Lipinski definition) is 2. The van der Waals surface area contributed by atoms with Crippen LogP contribution < -0.4 is 15.4 Å². The van der Waals surface area contributed by atoms with Crippen molar-refractivity contribution in [2.45, 2.75) is 31.7 Å². The van der Waals surface area contributed by atoms with Gasteiger partial charge in [0, 0.05) is 5.69 Å². The molecule has 2 N–H and O–H groups in total. The van der Waals surface area contributed by atoms with E-state index in [0.717, 1.165) is 11.1 Å². The standard InChI is InChI=1S/C33H31N3O5/c1-22(24-14-7-4-8-15-24)34-32(38)29-30(41-33(39)36(29)21-23-12-5-3-6-13-23)25-16-11-17-26(20-25)35-31(37)27-18-9-10-19-28(27)40-2/h3-20,22,29-30H,21H2,1-2H3,(H,34,38)(H,35,37). The van der Waals surface area contributed by atoms with E-state index in [4.69, 9.17) is 9.47 Å². The molecule has 3 unspecified atom stereocenters. The van der Waals surface area contributed by atoms with Crippen LogP contribution in [0.3, 0.4) is 0 Å². The highest BCUT2D eigenvalue weighted by Gasteiger charge is 2.47. The topological polar surface area (TPSA) is 97.0 Å². The molecule has 0 aromatic heterocycles. The van der Waals surface area contributed by atoms with Crippen molar-refractivity contribution in [2.75, 3.05) is 12.4 Å². The van der Waals surface area contributed by atoms with E-state index >= 15 is 0 Å². The molecule has 4 aromatic carbocycles. The fraction of sp³-hybridized carbons (Fsp3) is 0.182. The zero-order chi connectivity index (χ0) is 28.8. The summed E-state index contributed by atoms with van der Waals surface area (Å²) in [4.78, 5) is 41.5. The lowest BCUT2D eigenvalue weighted by molar-refractivity contribution is -0.127. The molecule has 0 radical (unpaired) electrons. The molecular weight excluding hydrogens is 518 g/mol. The van der Waals surface area contributed by atoms with Crippen molar-refractivity contribution < 1.29 is 23.9 Å². The van der Waals surface area contributed by atoms with Crippen molar-refractivity contribution in [2.24, 2.45) is 0 Å². The van der Waals surface area contributed by atoms with Gasteiger partial charge in [0.25, 0.3) is 5.91 Å². The van der Waals surface area contributed by atoms with E-state index in [2.05, 4.69) is 10.6 Å². The first-order valence-corrected chi connectivity index (χ1v) is 13.4. The van der Waals surface area contributed by atoms with Gasteiger partial charge in [-0.2, -0.15) is 0 Å². The molecule has 1 fully saturated rings. The first kappa shape index (κ1) is 27.5. The van der Waals surface area contributed by atoms with Gasteiger partial charge >= 0.3 is 6.09 Å². The number of rotatable bonds is 9. The van der Waals surface area contributed by atoms with E-state index in [1.54, 1.807) is 48.5 Å². The monoisotopic (exact) mass is 549 g/mol. The van der Waals surface area contributed by atoms with Crippen LogP contribution in [-0.4, -0.2) is 36.0 Å². The lowest BCUT2D eigenvalue weighted by Gasteiger charge is -2.26. The van der Waals surface area contributed by atoms with Gasteiger partial charge in [0.2, 0.25) is 5.91 Å². The van der Waals surface area contributed by atoms with Gasteiger partial charge in [-0.15, -0.1) is 0 Å². The number of carbonyl (C=O) groups excluding carboxylic acids is 3.